The number of hydrogen-bond acceptors (Lipinski definition) is 3. The minimum absolute atomic E-state index is 0.0712. The van der Waals surface area contributed by atoms with Gasteiger partial charge in [-0.15, -0.1) is 0 Å². The predicted octanol–water partition coefficient (Wildman–Crippen LogP) is 3.81. The molecule has 0 amide bonds. The minimum Gasteiger partial charge on any atom is -0.369 e. The Bertz CT molecular complexity index is 528. The van der Waals surface area contributed by atoms with Crippen molar-refractivity contribution >= 4 is 23.2 Å². The standard InChI is InChI=1S/C16H22ClN3/c1-2-12-6-3-4-9-16(12)11-19-15(18)20(16)14-8-5-7-13(17)10-14/h5,7-8,10,12H,2-4,6,9,11H2,1H3,(H2,18,19). The van der Waals surface area contributed by atoms with Gasteiger partial charge in [0.15, 0.2) is 5.96 Å². The summed E-state index contributed by atoms with van der Waals surface area (Å²) in [6.45, 7) is 3.10. The predicted molar refractivity (Wildman–Crippen MR) is 85.4 cm³/mol. The fraction of sp³-hybridized carbons (Fsp3) is 0.562. The summed E-state index contributed by atoms with van der Waals surface area (Å²) in [5.41, 5.74) is 7.37. The van der Waals surface area contributed by atoms with E-state index in [9.17, 15) is 0 Å². The van der Waals surface area contributed by atoms with Crippen molar-refractivity contribution in [2.75, 3.05) is 11.4 Å². The summed E-state index contributed by atoms with van der Waals surface area (Å²) in [6, 6.07) is 7.97. The first-order valence-corrected chi connectivity index (χ1v) is 7.91. The number of benzene rings is 1. The second-order valence-electron chi connectivity index (χ2n) is 5.94. The van der Waals surface area contributed by atoms with Crippen LogP contribution in [0.15, 0.2) is 29.3 Å². The van der Waals surface area contributed by atoms with Gasteiger partial charge in [-0.1, -0.05) is 43.9 Å². The van der Waals surface area contributed by atoms with E-state index in [1.54, 1.807) is 0 Å². The number of aliphatic imine (C=N–C) groups is 1. The van der Waals surface area contributed by atoms with E-state index in [4.69, 9.17) is 17.3 Å². The van der Waals surface area contributed by atoms with Gasteiger partial charge in [-0.2, -0.15) is 0 Å². The topological polar surface area (TPSA) is 41.6 Å². The third kappa shape index (κ3) is 2.08. The molecule has 108 valence electrons. The van der Waals surface area contributed by atoms with Crippen LogP contribution in [0.1, 0.15) is 39.0 Å². The summed E-state index contributed by atoms with van der Waals surface area (Å²) in [5, 5.41) is 0.751. The van der Waals surface area contributed by atoms with Crippen molar-refractivity contribution in [3.05, 3.63) is 29.3 Å². The van der Waals surface area contributed by atoms with Crippen LogP contribution in [0.2, 0.25) is 5.02 Å². The van der Waals surface area contributed by atoms with E-state index < -0.39 is 0 Å². The van der Waals surface area contributed by atoms with Crippen LogP contribution in [0.3, 0.4) is 0 Å². The molecule has 0 saturated heterocycles. The van der Waals surface area contributed by atoms with Crippen molar-refractivity contribution in [1.82, 2.24) is 0 Å². The number of hydrogen-bond donors (Lipinski definition) is 1. The quantitative estimate of drug-likeness (QED) is 0.900. The molecule has 0 radical (unpaired) electrons. The molecule has 1 heterocycles. The van der Waals surface area contributed by atoms with Crippen molar-refractivity contribution in [2.24, 2.45) is 16.6 Å². The summed E-state index contributed by atoms with van der Waals surface area (Å²) in [7, 11) is 0. The Labute approximate surface area is 125 Å². The second-order valence-corrected chi connectivity index (χ2v) is 6.38. The van der Waals surface area contributed by atoms with Crippen LogP contribution < -0.4 is 10.6 Å². The monoisotopic (exact) mass is 291 g/mol. The summed E-state index contributed by atoms with van der Waals surface area (Å²) in [6.07, 6.45) is 6.21. The first-order valence-electron chi connectivity index (χ1n) is 7.53. The van der Waals surface area contributed by atoms with Gasteiger partial charge in [0.2, 0.25) is 0 Å². The Balaban J connectivity index is 2.03. The van der Waals surface area contributed by atoms with Gasteiger partial charge in [0.05, 0.1) is 12.1 Å². The average Bonchev–Trinajstić information content (AvgIpc) is 2.77. The molecule has 1 saturated carbocycles. The molecule has 1 aromatic carbocycles. The molecule has 0 aromatic heterocycles. The third-order valence-corrected chi connectivity index (χ3v) is 5.16. The lowest BCUT2D eigenvalue weighted by atomic mass is 9.70. The second kappa shape index (κ2) is 5.28. The summed E-state index contributed by atoms with van der Waals surface area (Å²) in [5.74, 6) is 1.30. The van der Waals surface area contributed by atoms with Gasteiger partial charge in [0, 0.05) is 10.7 Å². The number of rotatable bonds is 2. The van der Waals surface area contributed by atoms with Crippen LogP contribution >= 0.6 is 11.6 Å². The van der Waals surface area contributed by atoms with E-state index in [2.05, 4.69) is 22.9 Å². The van der Waals surface area contributed by atoms with Crippen molar-refractivity contribution in [3.63, 3.8) is 0 Å². The maximum atomic E-state index is 6.22. The number of anilines is 1. The zero-order valence-corrected chi connectivity index (χ0v) is 12.7. The fourth-order valence-corrected chi connectivity index (χ4v) is 4.16. The molecule has 1 spiro atoms. The number of nitrogens with two attached hydrogens (primary N) is 1. The molecule has 1 aliphatic heterocycles. The van der Waals surface area contributed by atoms with Gasteiger partial charge in [0.1, 0.15) is 0 Å². The number of guanidine groups is 1. The molecular weight excluding hydrogens is 270 g/mol. The van der Waals surface area contributed by atoms with E-state index in [0.717, 1.165) is 17.3 Å². The van der Waals surface area contributed by atoms with E-state index in [1.807, 2.05) is 18.2 Å². The van der Waals surface area contributed by atoms with Gasteiger partial charge < -0.3 is 10.6 Å². The molecule has 1 aliphatic carbocycles. The van der Waals surface area contributed by atoms with E-state index in [1.165, 1.54) is 32.1 Å². The van der Waals surface area contributed by atoms with Crippen LogP contribution in [-0.2, 0) is 0 Å². The third-order valence-electron chi connectivity index (χ3n) is 4.92. The highest BCUT2D eigenvalue weighted by molar-refractivity contribution is 6.31. The number of nitrogens with zero attached hydrogens (tertiary/aromatic N) is 2. The molecule has 2 atom stereocenters. The van der Waals surface area contributed by atoms with Crippen LogP contribution in [-0.4, -0.2) is 18.0 Å². The normalized spacial score (nSPS) is 29.8. The van der Waals surface area contributed by atoms with Crippen LogP contribution in [0.25, 0.3) is 0 Å². The zero-order chi connectivity index (χ0) is 14.2. The lowest BCUT2D eigenvalue weighted by Gasteiger charge is -2.47. The molecule has 3 rings (SSSR count). The van der Waals surface area contributed by atoms with Crippen molar-refractivity contribution in [2.45, 2.75) is 44.6 Å². The zero-order valence-electron chi connectivity index (χ0n) is 12.0. The minimum atomic E-state index is 0.0712. The maximum Gasteiger partial charge on any atom is 0.196 e. The van der Waals surface area contributed by atoms with Gasteiger partial charge in [-0.3, -0.25) is 4.99 Å². The van der Waals surface area contributed by atoms with Crippen molar-refractivity contribution in [3.8, 4) is 0 Å². The molecule has 3 nitrogen and oxygen atoms in total. The fourth-order valence-electron chi connectivity index (χ4n) is 3.97. The highest BCUT2D eigenvalue weighted by atomic mass is 35.5. The van der Waals surface area contributed by atoms with Crippen LogP contribution in [0, 0.1) is 5.92 Å². The SMILES string of the molecule is CCC1CCCCC12CN=C(N)N2c1cccc(Cl)c1. The number of halogens is 1. The highest BCUT2D eigenvalue weighted by Crippen LogP contribution is 2.45. The van der Waals surface area contributed by atoms with Gasteiger partial charge in [-0.25, -0.2) is 0 Å². The lowest BCUT2D eigenvalue weighted by Crippen LogP contribution is -2.57. The summed E-state index contributed by atoms with van der Waals surface area (Å²) >= 11 is 6.16. The molecule has 2 unspecified atom stereocenters. The summed E-state index contributed by atoms with van der Waals surface area (Å²) < 4.78 is 0. The van der Waals surface area contributed by atoms with E-state index >= 15 is 0 Å². The van der Waals surface area contributed by atoms with Crippen molar-refractivity contribution in [1.29, 1.82) is 0 Å². The van der Waals surface area contributed by atoms with Crippen LogP contribution in [0.5, 0.6) is 0 Å². The molecule has 1 aromatic rings. The van der Waals surface area contributed by atoms with Gasteiger partial charge in [-0.05, 0) is 37.0 Å². The molecular formula is C16H22ClN3. The lowest BCUT2D eigenvalue weighted by molar-refractivity contribution is 0.201. The Hall–Kier alpha value is -1.22. The Kier molecular flexibility index (Phi) is 3.63. The van der Waals surface area contributed by atoms with E-state index in [-0.39, 0.29) is 5.54 Å². The molecule has 4 heteroatoms. The molecule has 2 aliphatic rings. The van der Waals surface area contributed by atoms with E-state index in [0.29, 0.717) is 11.9 Å². The molecule has 2 N–H and O–H groups in total. The smallest absolute Gasteiger partial charge is 0.196 e. The Morgan fingerprint density at radius 1 is 1.45 bits per heavy atom. The van der Waals surface area contributed by atoms with Crippen LogP contribution in [0.4, 0.5) is 5.69 Å². The highest BCUT2D eigenvalue weighted by Gasteiger charge is 2.49. The Morgan fingerprint density at radius 2 is 2.30 bits per heavy atom. The molecule has 20 heavy (non-hydrogen) atoms. The maximum absolute atomic E-state index is 6.22. The largest absolute Gasteiger partial charge is 0.369 e. The average molecular weight is 292 g/mol. The van der Waals surface area contributed by atoms with Gasteiger partial charge >= 0.3 is 0 Å². The molecule has 0 bridgehead atoms. The molecule has 1 fully saturated rings. The Morgan fingerprint density at radius 3 is 3.05 bits per heavy atom. The first-order chi connectivity index (χ1) is 9.67. The summed E-state index contributed by atoms with van der Waals surface area (Å²) in [4.78, 5) is 6.83. The first kappa shape index (κ1) is 13.7. The van der Waals surface area contributed by atoms with Crippen molar-refractivity contribution < 1.29 is 0 Å². The van der Waals surface area contributed by atoms with Gasteiger partial charge in [0.25, 0.3) is 0 Å².